The predicted molar refractivity (Wildman–Crippen MR) is 136 cm³/mol. The number of amides is 2. The minimum absolute atomic E-state index is 0.0211. The summed E-state index contributed by atoms with van der Waals surface area (Å²) in [7, 11) is -1.84. The van der Waals surface area contributed by atoms with E-state index in [0.717, 1.165) is 52.4 Å². The molecule has 0 spiro atoms. The first-order valence-electron chi connectivity index (χ1n) is 11.3. The number of anilines is 2. The average molecular weight is 442 g/mol. The number of hydrogen-bond acceptors (Lipinski definition) is 2. The minimum Gasteiger partial charge on any atom is -0.322 e. The van der Waals surface area contributed by atoms with Crippen LogP contribution in [0.4, 0.5) is 11.4 Å². The second-order valence-electron chi connectivity index (χ2n) is 8.50. The van der Waals surface area contributed by atoms with E-state index in [1.807, 2.05) is 64.1 Å². The van der Waals surface area contributed by atoms with Crippen LogP contribution in [0.15, 0.2) is 36.4 Å². The first-order chi connectivity index (χ1) is 14.7. The van der Waals surface area contributed by atoms with E-state index >= 15 is 0 Å². The van der Waals surface area contributed by atoms with E-state index in [0.29, 0.717) is 6.16 Å². The van der Waals surface area contributed by atoms with Gasteiger partial charge in [-0.1, -0.05) is 43.3 Å². The van der Waals surface area contributed by atoms with Gasteiger partial charge in [0.05, 0.1) is 12.3 Å². The lowest BCUT2D eigenvalue weighted by Gasteiger charge is -2.32. The lowest BCUT2D eigenvalue weighted by Crippen LogP contribution is -2.36. The number of carbonyl (C=O) groups is 2. The van der Waals surface area contributed by atoms with E-state index in [9.17, 15) is 9.59 Å². The van der Waals surface area contributed by atoms with Crippen molar-refractivity contribution in [3.05, 3.63) is 58.7 Å². The maximum absolute atomic E-state index is 13.4. The molecule has 31 heavy (non-hydrogen) atoms. The highest BCUT2D eigenvalue weighted by Gasteiger charge is 2.47. The van der Waals surface area contributed by atoms with Crippen LogP contribution in [0.2, 0.25) is 0 Å². The second kappa shape index (κ2) is 10.9. The van der Waals surface area contributed by atoms with Crippen molar-refractivity contribution >= 4 is 30.5 Å². The molecule has 4 nitrogen and oxygen atoms in total. The van der Waals surface area contributed by atoms with Gasteiger partial charge in [0.2, 0.25) is 0 Å². The Balaban J connectivity index is 2.27. The zero-order chi connectivity index (χ0) is 23.2. The molecule has 1 atom stereocenters. The fraction of sp³-hybridized carbons (Fsp3) is 0.462. The van der Waals surface area contributed by atoms with Gasteiger partial charge < -0.3 is 10.6 Å². The quantitative estimate of drug-likeness (QED) is 0.447. The summed E-state index contributed by atoms with van der Waals surface area (Å²) in [5.74, 6) is 0.0737. The van der Waals surface area contributed by atoms with Crippen LogP contribution >= 0.6 is 7.26 Å². The van der Waals surface area contributed by atoms with Crippen LogP contribution < -0.4 is 10.6 Å². The summed E-state index contributed by atoms with van der Waals surface area (Å²) in [6.07, 6.45) is 2.93. The summed E-state index contributed by atoms with van der Waals surface area (Å²) in [5, 5.41) is 6.35. The van der Waals surface area contributed by atoms with Crippen molar-refractivity contribution in [1.29, 1.82) is 0 Å². The number of aryl methyl sites for hydroxylation is 4. The standard InChI is InChI=1S/C26H37N2O2P/c1-8-22(26(30)28-25-20(6)15-12-16-21(25)7)31(9-2,10-3)17-23(29)27-24-18(4)13-11-14-19(24)5/h11-16,22H,8-10,17H2,1-7H3,(H-,27,28,29,30)/p+1. The first-order valence-corrected chi connectivity index (χ1v) is 13.7. The van der Waals surface area contributed by atoms with Crippen LogP contribution in [0.25, 0.3) is 0 Å². The predicted octanol–water partition coefficient (Wildman–Crippen LogP) is 6.33. The van der Waals surface area contributed by atoms with Crippen molar-refractivity contribution in [2.75, 3.05) is 29.1 Å². The second-order valence-corrected chi connectivity index (χ2v) is 13.1. The van der Waals surface area contributed by atoms with Gasteiger partial charge in [-0.05, 0) is 70.2 Å². The van der Waals surface area contributed by atoms with Gasteiger partial charge in [-0.25, -0.2) is 0 Å². The summed E-state index contributed by atoms with van der Waals surface area (Å²) in [6.45, 7) is 14.4. The lowest BCUT2D eigenvalue weighted by atomic mass is 10.1. The largest absolute Gasteiger partial charge is 0.322 e. The molecule has 2 aromatic rings. The van der Waals surface area contributed by atoms with Gasteiger partial charge in [0.1, 0.15) is 11.8 Å². The Morgan fingerprint density at radius 2 is 1.19 bits per heavy atom. The molecule has 0 bridgehead atoms. The van der Waals surface area contributed by atoms with E-state index in [2.05, 4.69) is 31.4 Å². The van der Waals surface area contributed by atoms with Crippen LogP contribution in [-0.2, 0) is 9.59 Å². The molecule has 0 radical (unpaired) electrons. The number of para-hydroxylation sites is 2. The summed E-state index contributed by atoms with van der Waals surface area (Å²) in [6, 6.07) is 12.1. The van der Waals surface area contributed by atoms with Crippen molar-refractivity contribution in [3.8, 4) is 0 Å². The van der Waals surface area contributed by atoms with Gasteiger partial charge in [-0.2, -0.15) is 0 Å². The number of rotatable bonds is 9. The molecule has 0 aliphatic rings. The summed E-state index contributed by atoms with van der Waals surface area (Å²) in [4.78, 5) is 26.6. The molecule has 0 aliphatic heterocycles. The Kier molecular flexibility index (Phi) is 8.82. The van der Waals surface area contributed by atoms with Crippen LogP contribution in [0.3, 0.4) is 0 Å². The highest BCUT2D eigenvalue weighted by atomic mass is 31.2. The Labute approximate surface area is 188 Å². The fourth-order valence-electron chi connectivity index (χ4n) is 4.51. The molecule has 1 unspecified atom stereocenters. The van der Waals surface area contributed by atoms with Gasteiger partial charge in [-0.15, -0.1) is 0 Å². The minimum atomic E-state index is -1.84. The van der Waals surface area contributed by atoms with Crippen molar-refractivity contribution in [3.63, 3.8) is 0 Å². The molecule has 0 aromatic heterocycles. The number of hydrogen-bond donors (Lipinski definition) is 2. The molecule has 0 heterocycles. The molecule has 0 fully saturated rings. The molecular formula is C26H38N2O2P+. The molecule has 0 saturated carbocycles. The molecule has 0 saturated heterocycles. The smallest absolute Gasteiger partial charge is 0.265 e. The summed E-state index contributed by atoms with van der Waals surface area (Å²) >= 11 is 0. The number of benzene rings is 2. The number of carbonyl (C=O) groups excluding carboxylic acids is 2. The molecule has 5 heteroatoms. The van der Waals surface area contributed by atoms with Gasteiger partial charge in [0, 0.05) is 18.6 Å². The monoisotopic (exact) mass is 441 g/mol. The van der Waals surface area contributed by atoms with E-state index in [1.54, 1.807) is 0 Å². The van der Waals surface area contributed by atoms with Crippen LogP contribution in [0.1, 0.15) is 49.4 Å². The Morgan fingerprint density at radius 3 is 1.58 bits per heavy atom. The maximum atomic E-state index is 13.4. The Bertz CT molecular complexity index is 894. The number of nitrogens with one attached hydrogen (secondary N) is 2. The molecule has 2 amide bonds. The van der Waals surface area contributed by atoms with Gasteiger partial charge in [-0.3, -0.25) is 9.59 Å². The zero-order valence-corrected chi connectivity index (χ0v) is 21.0. The molecule has 2 aromatic carbocycles. The van der Waals surface area contributed by atoms with Crippen molar-refractivity contribution < 1.29 is 9.59 Å². The molecular weight excluding hydrogens is 403 g/mol. The van der Waals surface area contributed by atoms with E-state index in [1.165, 1.54) is 0 Å². The van der Waals surface area contributed by atoms with E-state index in [4.69, 9.17) is 0 Å². The highest BCUT2D eigenvalue weighted by Crippen LogP contribution is 2.63. The van der Waals surface area contributed by atoms with Crippen LogP contribution in [0, 0.1) is 27.7 Å². The molecule has 0 aliphatic carbocycles. The average Bonchev–Trinajstić information content (AvgIpc) is 2.73. The maximum Gasteiger partial charge on any atom is 0.265 e. The van der Waals surface area contributed by atoms with Gasteiger partial charge >= 0.3 is 0 Å². The highest BCUT2D eigenvalue weighted by molar-refractivity contribution is 7.78. The lowest BCUT2D eigenvalue weighted by molar-refractivity contribution is -0.115. The third-order valence-corrected chi connectivity index (χ3v) is 11.9. The molecule has 2 N–H and O–H groups in total. The Hall–Kier alpha value is -2.19. The van der Waals surface area contributed by atoms with Gasteiger partial charge in [0.25, 0.3) is 11.8 Å². The first kappa shape index (κ1) is 25.1. The van der Waals surface area contributed by atoms with Gasteiger partial charge in [0.15, 0.2) is 0 Å². The van der Waals surface area contributed by atoms with E-state index < -0.39 is 7.26 Å². The Morgan fingerprint density at radius 1 is 0.774 bits per heavy atom. The zero-order valence-electron chi connectivity index (χ0n) is 20.1. The van der Waals surface area contributed by atoms with E-state index in [-0.39, 0.29) is 17.5 Å². The van der Waals surface area contributed by atoms with Crippen molar-refractivity contribution in [1.82, 2.24) is 0 Å². The molecule has 2 rings (SSSR count). The summed E-state index contributed by atoms with van der Waals surface area (Å²) in [5.41, 5.74) is 5.91. The topological polar surface area (TPSA) is 58.2 Å². The normalized spacial score (nSPS) is 12.4. The van der Waals surface area contributed by atoms with Crippen molar-refractivity contribution in [2.24, 2.45) is 0 Å². The molecule has 168 valence electrons. The third-order valence-electron chi connectivity index (χ3n) is 6.54. The summed E-state index contributed by atoms with van der Waals surface area (Å²) < 4.78 is 0. The fourth-order valence-corrected chi connectivity index (χ4v) is 8.50. The van der Waals surface area contributed by atoms with Crippen LogP contribution in [0.5, 0.6) is 0 Å². The van der Waals surface area contributed by atoms with Crippen molar-refractivity contribution in [2.45, 2.75) is 60.5 Å². The third kappa shape index (κ3) is 5.74. The SMILES string of the molecule is CCC(C(=O)Nc1c(C)cccc1C)[P+](CC)(CC)CC(=O)Nc1c(C)cccc1C. The van der Waals surface area contributed by atoms with Crippen LogP contribution in [-0.4, -0.2) is 36.0 Å².